The summed E-state index contributed by atoms with van der Waals surface area (Å²) in [6.45, 7) is 9.70. The molecule has 0 radical (unpaired) electrons. The number of esters is 1. The number of carbonyl (C=O) groups excluding carboxylic acids is 1. The van der Waals surface area contributed by atoms with Crippen molar-refractivity contribution in [2.24, 2.45) is 11.8 Å². The first-order chi connectivity index (χ1) is 9.93. The van der Waals surface area contributed by atoms with Gasteiger partial charge in [0.05, 0.1) is 18.5 Å². The minimum Gasteiger partial charge on any atom is -0.462 e. The third kappa shape index (κ3) is 3.28. The summed E-state index contributed by atoms with van der Waals surface area (Å²) in [7, 11) is 0. The zero-order valence-electron chi connectivity index (χ0n) is 13.3. The van der Waals surface area contributed by atoms with Gasteiger partial charge in [0.1, 0.15) is 11.4 Å². The predicted octanol–water partition coefficient (Wildman–Crippen LogP) is 2.71. The first-order valence-corrected chi connectivity index (χ1v) is 7.63. The first-order valence-electron chi connectivity index (χ1n) is 7.63. The molecule has 2 rings (SSSR count). The molecule has 1 fully saturated rings. The molecule has 3 unspecified atom stereocenters. The van der Waals surface area contributed by atoms with Gasteiger partial charge >= 0.3 is 5.97 Å². The second-order valence-corrected chi connectivity index (χ2v) is 6.07. The summed E-state index contributed by atoms with van der Waals surface area (Å²) >= 11 is 0. The fourth-order valence-corrected chi connectivity index (χ4v) is 3.06. The van der Waals surface area contributed by atoms with Crippen LogP contribution in [0.25, 0.3) is 0 Å². The van der Waals surface area contributed by atoms with E-state index in [0.29, 0.717) is 41.6 Å². The SMILES string of the molecule is CCOC(=O)c1cc(N)cnc1N1CC(C)CC(C)C1C. The molecule has 1 aromatic rings. The minimum atomic E-state index is -0.356. The van der Waals surface area contributed by atoms with Crippen molar-refractivity contribution in [1.29, 1.82) is 0 Å². The molecule has 0 aromatic carbocycles. The third-order valence-corrected chi connectivity index (χ3v) is 4.25. The van der Waals surface area contributed by atoms with Crippen LogP contribution in [0.4, 0.5) is 11.5 Å². The summed E-state index contributed by atoms with van der Waals surface area (Å²) in [5.41, 5.74) is 6.73. The van der Waals surface area contributed by atoms with Crippen molar-refractivity contribution in [1.82, 2.24) is 4.98 Å². The van der Waals surface area contributed by atoms with Gasteiger partial charge in [-0.2, -0.15) is 0 Å². The summed E-state index contributed by atoms with van der Waals surface area (Å²) < 4.78 is 5.14. The Morgan fingerprint density at radius 3 is 2.86 bits per heavy atom. The summed E-state index contributed by atoms with van der Waals surface area (Å²) in [6.07, 6.45) is 2.80. The van der Waals surface area contributed by atoms with Crippen LogP contribution in [0, 0.1) is 11.8 Å². The number of nitrogen functional groups attached to an aromatic ring is 1. The third-order valence-electron chi connectivity index (χ3n) is 4.25. The molecule has 0 saturated carbocycles. The Bertz CT molecular complexity index is 518. The van der Waals surface area contributed by atoms with E-state index >= 15 is 0 Å². The molecule has 5 nitrogen and oxygen atoms in total. The standard InChI is InChI=1S/C16H25N3O2/c1-5-21-16(20)14-7-13(17)8-18-15(14)19-9-10(2)6-11(3)12(19)4/h7-8,10-12H,5-6,9,17H2,1-4H3. The van der Waals surface area contributed by atoms with Gasteiger partial charge in [-0.05, 0) is 38.2 Å². The van der Waals surface area contributed by atoms with Gasteiger partial charge in [0.2, 0.25) is 0 Å². The number of pyridine rings is 1. The van der Waals surface area contributed by atoms with Gasteiger partial charge in [0.15, 0.2) is 0 Å². The Labute approximate surface area is 126 Å². The average molecular weight is 291 g/mol. The van der Waals surface area contributed by atoms with Crippen LogP contribution in [-0.4, -0.2) is 30.1 Å². The van der Waals surface area contributed by atoms with Crippen molar-refractivity contribution >= 4 is 17.5 Å². The van der Waals surface area contributed by atoms with Crippen LogP contribution in [-0.2, 0) is 4.74 Å². The largest absolute Gasteiger partial charge is 0.462 e. The molecule has 0 bridgehead atoms. The Morgan fingerprint density at radius 1 is 1.48 bits per heavy atom. The van der Waals surface area contributed by atoms with Gasteiger partial charge in [0.25, 0.3) is 0 Å². The van der Waals surface area contributed by atoms with Gasteiger partial charge in [-0.25, -0.2) is 9.78 Å². The molecular formula is C16H25N3O2. The first kappa shape index (κ1) is 15.6. The lowest BCUT2D eigenvalue weighted by molar-refractivity contribution is 0.0526. The fourth-order valence-electron chi connectivity index (χ4n) is 3.06. The number of hydrogen-bond donors (Lipinski definition) is 1. The summed E-state index contributed by atoms with van der Waals surface area (Å²) in [5.74, 6) is 1.47. The molecule has 5 heteroatoms. The van der Waals surface area contributed by atoms with E-state index < -0.39 is 0 Å². The van der Waals surface area contributed by atoms with Gasteiger partial charge in [-0.3, -0.25) is 0 Å². The van der Waals surface area contributed by atoms with E-state index in [-0.39, 0.29) is 5.97 Å². The van der Waals surface area contributed by atoms with E-state index in [4.69, 9.17) is 10.5 Å². The molecule has 1 aliphatic heterocycles. The van der Waals surface area contributed by atoms with E-state index in [1.165, 1.54) is 6.42 Å². The highest BCUT2D eigenvalue weighted by Crippen LogP contribution is 2.32. The molecule has 2 heterocycles. The van der Waals surface area contributed by atoms with Crippen molar-refractivity contribution in [3.05, 3.63) is 17.8 Å². The molecule has 2 N–H and O–H groups in total. The van der Waals surface area contributed by atoms with Gasteiger partial charge in [-0.15, -0.1) is 0 Å². The number of piperidine rings is 1. The maximum absolute atomic E-state index is 12.2. The number of ether oxygens (including phenoxy) is 1. The lowest BCUT2D eigenvalue weighted by Gasteiger charge is -2.42. The van der Waals surface area contributed by atoms with Crippen LogP contribution in [0.3, 0.4) is 0 Å². The molecule has 21 heavy (non-hydrogen) atoms. The fraction of sp³-hybridized carbons (Fsp3) is 0.625. The number of carbonyl (C=O) groups is 1. The Kier molecular flexibility index (Phi) is 4.70. The van der Waals surface area contributed by atoms with E-state index in [1.54, 1.807) is 19.2 Å². The lowest BCUT2D eigenvalue weighted by atomic mass is 9.86. The smallest absolute Gasteiger partial charge is 0.341 e. The highest BCUT2D eigenvalue weighted by Gasteiger charge is 2.32. The number of nitrogens with zero attached hydrogens (tertiary/aromatic N) is 2. The highest BCUT2D eigenvalue weighted by molar-refractivity contribution is 5.95. The maximum atomic E-state index is 12.2. The molecule has 0 spiro atoms. The summed E-state index contributed by atoms with van der Waals surface area (Å²) in [5, 5.41) is 0. The molecule has 116 valence electrons. The molecule has 0 aliphatic carbocycles. The van der Waals surface area contributed by atoms with Gasteiger partial charge < -0.3 is 15.4 Å². The number of nitrogens with two attached hydrogens (primary N) is 1. The topological polar surface area (TPSA) is 68.5 Å². The summed E-state index contributed by atoms with van der Waals surface area (Å²) in [6, 6.07) is 2.00. The highest BCUT2D eigenvalue weighted by atomic mass is 16.5. The van der Waals surface area contributed by atoms with Crippen molar-refractivity contribution in [2.45, 2.75) is 40.2 Å². The van der Waals surface area contributed by atoms with Crippen molar-refractivity contribution in [3.63, 3.8) is 0 Å². The zero-order valence-corrected chi connectivity index (χ0v) is 13.3. The van der Waals surface area contributed by atoms with Crippen molar-refractivity contribution in [3.8, 4) is 0 Å². The van der Waals surface area contributed by atoms with E-state index in [1.807, 2.05) is 0 Å². The van der Waals surface area contributed by atoms with Gasteiger partial charge in [0, 0.05) is 12.6 Å². The molecule has 1 saturated heterocycles. The van der Waals surface area contributed by atoms with Crippen LogP contribution in [0.5, 0.6) is 0 Å². The average Bonchev–Trinajstić information content (AvgIpc) is 2.43. The number of aromatic nitrogens is 1. The maximum Gasteiger partial charge on any atom is 0.341 e. The van der Waals surface area contributed by atoms with Gasteiger partial charge in [-0.1, -0.05) is 13.8 Å². The molecule has 1 aliphatic rings. The Morgan fingerprint density at radius 2 is 2.19 bits per heavy atom. The van der Waals surface area contributed by atoms with Crippen LogP contribution in [0.15, 0.2) is 12.3 Å². The minimum absolute atomic E-state index is 0.338. The Balaban J connectivity index is 2.40. The molecule has 0 amide bonds. The molecule has 3 atom stereocenters. The second-order valence-electron chi connectivity index (χ2n) is 6.07. The molecular weight excluding hydrogens is 266 g/mol. The van der Waals surface area contributed by atoms with Crippen LogP contribution < -0.4 is 10.6 Å². The van der Waals surface area contributed by atoms with Crippen molar-refractivity contribution < 1.29 is 9.53 Å². The zero-order chi connectivity index (χ0) is 15.6. The van der Waals surface area contributed by atoms with Crippen molar-refractivity contribution in [2.75, 3.05) is 23.8 Å². The molecule has 1 aromatic heterocycles. The number of hydrogen-bond acceptors (Lipinski definition) is 5. The van der Waals surface area contributed by atoms with E-state index in [2.05, 4.69) is 30.7 Å². The van der Waals surface area contributed by atoms with Crippen LogP contribution in [0.1, 0.15) is 44.5 Å². The van der Waals surface area contributed by atoms with E-state index in [0.717, 1.165) is 6.54 Å². The van der Waals surface area contributed by atoms with E-state index in [9.17, 15) is 4.79 Å². The second kappa shape index (κ2) is 6.33. The lowest BCUT2D eigenvalue weighted by Crippen LogP contribution is -2.46. The summed E-state index contributed by atoms with van der Waals surface area (Å²) in [4.78, 5) is 18.8. The number of anilines is 2. The normalized spacial score (nSPS) is 25.7. The predicted molar refractivity (Wildman–Crippen MR) is 84.4 cm³/mol. The van der Waals surface area contributed by atoms with Crippen LogP contribution in [0.2, 0.25) is 0 Å². The Hall–Kier alpha value is -1.78. The quantitative estimate of drug-likeness (QED) is 0.867. The van der Waals surface area contributed by atoms with Crippen LogP contribution >= 0.6 is 0 Å². The number of rotatable bonds is 3. The monoisotopic (exact) mass is 291 g/mol.